The van der Waals surface area contributed by atoms with E-state index in [4.69, 9.17) is 25.5 Å². The largest absolute Gasteiger partial charge is 0.481 e. The van der Waals surface area contributed by atoms with Crippen molar-refractivity contribution in [3.8, 4) is 17.2 Å². The van der Waals surface area contributed by atoms with E-state index in [9.17, 15) is 4.79 Å². The van der Waals surface area contributed by atoms with Crippen LogP contribution in [0, 0.1) is 6.92 Å². The molecule has 0 unspecified atom stereocenters. The number of hydrogen-bond acceptors (Lipinski definition) is 6. The number of fused-ring (bicyclic) bond motifs is 1. The molecule has 0 aliphatic rings. The number of aryl methyl sites for hydroxylation is 1. The van der Waals surface area contributed by atoms with Crippen LogP contribution in [0.25, 0.3) is 22.2 Å². The Bertz CT molecular complexity index is 1170. The number of esters is 1. The van der Waals surface area contributed by atoms with Crippen LogP contribution in [0.15, 0.2) is 65.1 Å². The fourth-order valence-electron chi connectivity index (χ4n) is 2.89. The number of rotatable bonds is 6. The SMILES string of the molecule is Cc1cccc(-c2nnc(COC(=O)COc3ccc(Cl)c4ccccc34)o2)c1. The molecular formula is C22H17ClN2O4. The molecule has 4 aromatic rings. The lowest BCUT2D eigenvalue weighted by Gasteiger charge is -2.09. The molecule has 6 nitrogen and oxygen atoms in total. The Balaban J connectivity index is 1.35. The minimum atomic E-state index is -0.542. The van der Waals surface area contributed by atoms with E-state index in [0.717, 1.165) is 21.9 Å². The average Bonchev–Trinajstić information content (AvgIpc) is 3.21. The smallest absolute Gasteiger partial charge is 0.344 e. The van der Waals surface area contributed by atoms with E-state index in [-0.39, 0.29) is 19.1 Å². The molecule has 4 rings (SSSR count). The summed E-state index contributed by atoms with van der Waals surface area (Å²) in [5, 5.41) is 10.2. The number of aromatic nitrogens is 2. The molecule has 0 radical (unpaired) electrons. The van der Waals surface area contributed by atoms with Crippen molar-refractivity contribution in [1.82, 2.24) is 10.2 Å². The normalized spacial score (nSPS) is 10.8. The molecule has 0 amide bonds. The standard InChI is InChI=1S/C22H17ClN2O4/c1-14-5-4-6-15(11-14)22-25-24-20(29-22)12-28-21(26)13-27-19-10-9-18(23)16-7-2-3-8-17(16)19/h2-11H,12-13H2,1H3. The van der Waals surface area contributed by atoms with Crippen molar-refractivity contribution < 1.29 is 18.7 Å². The van der Waals surface area contributed by atoms with Gasteiger partial charge in [-0.1, -0.05) is 53.6 Å². The zero-order chi connectivity index (χ0) is 20.2. The third-order valence-corrected chi connectivity index (χ3v) is 4.59. The van der Waals surface area contributed by atoms with Gasteiger partial charge in [0.15, 0.2) is 13.2 Å². The molecule has 0 N–H and O–H groups in total. The topological polar surface area (TPSA) is 74.5 Å². The van der Waals surface area contributed by atoms with Gasteiger partial charge >= 0.3 is 5.97 Å². The van der Waals surface area contributed by atoms with Crippen molar-refractivity contribution in [2.75, 3.05) is 6.61 Å². The van der Waals surface area contributed by atoms with Gasteiger partial charge in [-0.05, 0) is 31.2 Å². The summed E-state index contributed by atoms with van der Waals surface area (Å²) in [5.74, 6) is 0.608. The highest BCUT2D eigenvalue weighted by atomic mass is 35.5. The molecule has 0 atom stereocenters. The monoisotopic (exact) mass is 408 g/mol. The second-order valence-electron chi connectivity index (χ2n) is 6.41. The summed E-state index contributed by atoms with van der Waals surface area (Å²) in [4.78, 5) is 12.1. The molecule has 0 fully saturated rings. The van der Waals surface area contributed by atoms with Crippen molar-refractivity contribution in [2.24, 2.45) is 0 Å². The Morgan fingerprint density at radius 3 is 2.69 bits per heavy atom. The first-order chi connectivity index (χ1) is 14.1. The van der Waals surface area contributed by atoms with Crippen LogP contribution in [0.5, 0.6) is 5.75 Å². The van der Waals surface area contributed by atoms with Gasteiger partial charge in [-0.3, -0.25) is 0 Å². The highest BCUT2D eigenvalue weighted by molar-refractivity contribution is 6.35. The third-order valence-electron chi connectivity index (χ3n) is 4.26. The molecule has 1 heterocycles. The predicted octanol–water partition coefficient (Wildman–Crippen LogP) is 4.97. The maximum Gasteiger partial charge on any atom is 0.344 e. The van der Waals surface area contributed by atoms with Crippen molar-refractivity contribution in [1.29, 1.82) is 0 Å². The number of ether oxygens (including phenoxy) is 2. The first-order valence-corrected chi connectivity index (χ1v) is 9.33. The molecule has 0 saturated carbocycles. The van der Waals surface area contributed by atoms with Crippen LogP contribution in [0.1, 0.15) is 11.5 Å². The van der Waals surface area contributed by atoms with Crippen molar-refractivity contribution >= 4 is 28.3 Å². The minimum absolute atomic E-state index is 0.123. The average molecular weight is 409 g/mol. The summed E-state index contributed by atoms with van der Waals surface area (Å²) in [7, 11) is 0. The lowest BCUT2D eigenvalue weighted by Crippen LogP contribution is -2.15. The van der Waals surface area contributed by atoms with E-state index in [1.54, 1.807) is 12.1 Å². The highest BCUT2D eigenvalue weighted by Crippen LogP contribution is 2.31. The van der Waals surface area contributed by atoms with Crippen LogP contribution in [0.4, 0.5) is 0 Å². The molecule has 1 aromatic heterocycles. The van der Waals surface area contributed by atoms with Crippen LogP contribution >= 0.6 is 11.6 Å². The van der Waals surface area contributed by atoms with Gasteiger partial charge in [-0.15, -0.1) is 10.2 Å². The summed E-state index contributed by atoms with van der Waals surface area (Å²) in [6.07, 6.45) is 0. The van der Waals surface area contributed by atoms with Crippen LogP contribution in [0.2, 0.25) is 5.02 Å². The first-order valence-electron chi connectivity index (χ1n) is 8.95. The highest BCUT2D eigenvalue weighted by Gasteiger charge is 2.13. The predicted molar refractivity (Wildman–Crippen MR) is 109 cm³/mol. The molecule has 0 bridgehead atoms. The Hall–Kier alpha value is -3.38. The van der Waals surface area contributed by atoms with Crippen LogP contribution in [0.3, 0.4) is 0 Å². The lowest BCUT2D eigenvalue weighted by atomic mass is 10.1. The second kappa shape index (κ2) is 8.32. The third kappa shape index (κ3) is 4.38. The quantitative estimate of drug-likeness (QED) is 0.419. The van der Waals surface area contributed by atoms with E-state index in [0.29, 0.717) is 16.7 Å². The summed E-state index contributed by atoms with van der Waals surface area (Å²) in [6, 6.07) is 18.7. The molecule has 29 heavy (non-hydrogen) atoms. The number of benzene rings is 3. The van der Waals surface area contributed by atoms with E-state index >= 15 is 0 Å². The number of nitrogens with zero attached hydrogens (tertiary/aromatic N) is 2. The van der Waals surface area contributed by atoms with Crippen molar-refractivity contribution in [3.63, 3.8) is 0 Å². The molecule has 0 saturated heterocycles. The number of carbonyl (C=O) groups excluding carboxylic acids is 1. The fourth-order valence-corrected chi connectivity index (χ4v) is 3.12. The number of halogens is 1. The molecule has 0 aliphatic carbocycles. The van der Waals surface area contributed by atoms with E-state index < -0.39 is 5.97 Å². The van der Waals surface area contributed by atoms with Gasteiger partial charge in [0.2, 0.25) is 5.89 Å². The van der Waals surface area contributed by atoms with Gasteiger partial charge in [0.1, 0.15) is 5.75 Å². The minimum Gasteiger partial charge on any atom is -0.481 e. The van der Waals surface area contributed by atoms with Gasteiger partial charge in [-0.25, -0.2) is 4.79 Å². The molecule has 3 aromatic carbocycles. The van der Waals surface area contributed by atoms with Crippen molar-refractivity contribution in [3.05, 3.63) is 77.1 Å². The van der Waals surface area contributed by atoms with Crippen LogP contribution in [-0.2, 0) is 16.1 Å². The van der Waals surface area contributed by atoms with Gasteiger partial charge < -0.3 is 13.9 Å². The van der Waals surface area contributed by atoms with E-state index in [1.807, 2.05) is 55.5 Å². The molecule has 0 spiro atoms. The van der Waals surface area contributed by atoms with Crippen LogP contribution in [-0.4, -0.2) is 22.8 Å². The van der Waals surface area contributed by atoms with E-state index in [2.05, 4.69) is 10.2 Å². The Kier molecular flexibility index (Phi) is 5.44. The summed E-state index contributed by atoms with van der Waals surface area (Å²) in [6.45, 7) is 1.61. The number of carbonyl (C=O) groups is 1. The maximum atomic E-state index is 12.1. The maximum absolute atomic E-state index is 12.1. The lowest BCUT2D eigenvalue weighted by molar-refractivity contribution is -0.148. The van der Waals surface area contributed by atoms with Gasteiger partial charge in [0, 0.05) is 21.4 Å². The van der Waals surface area contributed by atoms with Gasteiger partial charge in [-0.2, -0.15) is 0 Å². The molecule has 0 aliphatic heterocycles. The Labute approximate surface area is 172 Å². The summed E-state index contributed by atoms with van der Waals surface area (Å²) in [5.41, 5.74) is 1.90. The summed E-state index contributed by atoms with van der Waals surface area (Å²) < 4.78 is 16.3. The van der Waals surface area contributed by atoms with Gasteiger partial charge in [0.25, 0.3) is 5.89 Å². The zero-order valence-corrected chi connectivity index (χ0v) is 16.3. The Morgan fingerprint density at radius 1 is 1.03 bits per heavy atom. The Morgan fingerprint density at radius 2 is 1.86 bits per heavy atom. The summed E-state index contributed by atoms with van der Waals surface area (Å²) >= 11 is 6.19. The van der Waals surface area contributed by atoms with E-state index in [1.165, 1.54) is 0 Å². The van der Waals surface area contributed by atoms with Crippen molar-refractivity contribution in [2.45, 2.75) is 13.5 Å². The number of hydrogen-bond donors (Lipinski definition) is 0. The first kappa shape index (κ1) is 19.0. The van der Waals surface area contributed by atoms with Crippen LogP contribution < -0.4 is 4.74 Å². The fraction of sp³-hybridized carbons (Fsp3) is 0.136. The zero-order valence-electron chi connectivity index (χ0n) is 15.6. The molecular weight excluding hydrogens is 392 g/mol. The molecule has 7 heteroatoms. The second-order valence-corrected chi connectivity index (χ2v) is 6.82. The van der Waals surface area contributed by atoms with Gasteiger partial charge in [0.05, 0.1) is 0 Å². The molecule has 146 valence electrons.